The number of rotatable bonds is 5. The molecule has 0 heterocycles. The van der Waals surface area contributed by atoms with Gasteiger partial charge >= 0.3 is 0 Å². The van der Waals surface area contributed by atoms with Crippen molar-refractivity contribution in [1.29, 1.82) is 5.26 Å². The first-order valence-electron chi connectivity index (χ1n) is 5.46. The van der Waals surface area contributed by atoms with Crippen LogP contribution in [0, 0.1) is 11.3 Å². The van der Waals surface area contributed by atoms with Gasteiger partial charge in [0, 0.05) is 0 Å². The third kappa shape index (κ3) is 3.47. The van der Waals surface area contributed by atoms with Crippen molar-refractivity contribution in [2.75, 3.05) is 5.75 Å². The molecule has 0 amide bonds. The van der Waals surface area contributed by atoms with Crippen LogP contribution in [0.1, 0.15) is 45.4 Å². The molecule has 5 heteroatoms. The van der Waals surface area contributed by atoms with E-state index in [4.69, 9.17) is 5.26 Å². The fourth-order valence-corrected chi connectivity index (χ4v) is 3.51. The van der Waals surface area contributed by atoms with Crippen LogP contribution in [0.4, 0.5) is 0 Å². The van der Waals surface area contributed by atoms with Gasteiger partial charge in [0.15, 0.2) is 0 Å². The number of hydrogen-bond donors (Lipinski definition) is 1. The summed E-state index contributed by atoms with van der Waals surface area (Å²) in [6.45, 7) is 1.95. The zero-order valence-corrected chi connectivity index (χ0v) is 9.94. The third-order valence-corrected chi connectivity index (χ3v) is 4.32. The van der Waals surface area contributed by atoms with E-state index in [2.05, 4.69) is 10.8 Å². The van der Waals surface area contributed by atoms with E-state index in [1.165, 1.54) is 0 Å². The Kier molecular flexibility index (Phi) is 4.12. The van der Waals surface area contributed by atoms with Crippen LogP contribution in [0.2, 0.25) is 0 Å². The molecule has 0 unspecified atom stereocenters. The van der Waals surface area contributed by atoms with Gasteiger partial charge in [0.2, 0.25) is 10.0 Å². The SMILES string of the molecule is CCCCS(=O)(=O)NC1(C#N)CCCC1. The number of sulfonamides is 1. The van der Waals surface area contributed by atoms with Crippen LogP contribution >= 0.6 is 0 Å². The number of nitrogens with one attached hydrogen (secondary N) is 1. The van der Waals surface area contributed by atoms with Crippen molar-refractivity contribution >= 4 is 10.0 Å². The summed E-state index contributed by atoms with van der Waals surface area (Å²) in [6.07, 6.45) is 4.66. The molecule has 0 atom stereocenters. The zero-order chi connectivity index (χ0) is 11.4. The molecule has 1 aliphatic rings. The molecule has 0 aromatic carbocycles. The fraction of sp³-hybridized carbons (Fsp3) is 0.900. The van der Waals surface area contributed by atoms with Crippen molar-refractivity contribution in [2.24, 2.45) is 0 Å². The van der Waals surface area contributed by atoms with Gasteiger partial charge in [-0.1, -0.05) is 26.2 Å². The highest BCUT2D eigenvalue weighted by Crippen LogP contribution is 2.29. The second-order valence-corrected chi connectivity index (χ2v) is 6.02. The van der Waals surface area contributed by atoms with Crippen LogP contribution in [-0.4, -0.2) is 19.7 Å². The predicted molar refractivity (Wildman–Crippen MR) is 58.6 cm³/mol. The van der Waals surface area contributed by atoms with E-state index in [0.29, 0.717) is 19.3 Å². The zero-order valence-electron chi connectivity index (χ0n) is 9.12. The number of unbranched alkanes of at least 4 members (excludes halogenated alkanes) is 1. The predicted octanol–water partition coefficient (Wildman–Crippen LogP) is 1.54. The van der Waals surface area contributed by atoms with Gasteiger partial charge in [-0.2, -0.15) is 9.98 Å². The first-order chi connectivity index (χ1) is 7.04. The number of nitrogens with zero attached hydrogens (tertiary/aromatic N) is 1. The minimum absolute atomic E-state index is 0.132. The van der Waals surface area contributed by atoms with E-state index in [9.17, 15) is 8.42 Å². The van der Waals surface area contributed by atoms with E-state index in [0.717, 1.165) is 19.3 Å². The average molecular weight is 230 g/mol. The molecular weight excluding hydrogens is 212 g/mol. The van der Waals surface area contributed by atoms with Crippen LogP contribution in [-0.2, 0) is 10.0 Å². The minimum atomic E-state index is -3.27. The van der Waals surface area contributed by atoms with Gasteiger partial charge in [-0.3, -0.25) is 0 Å². The van der Waals surface area contributed by atoms with E-state index in [1.807, 2.05) is 6.92 Å². The monoisotopic (exact) mass is 230 g/mol. The smallest absolute Gasteiger partial charge is 0.212 e. The van der Waals surface area contributed by atoms with Crippen LogP contribution in [0.25, 0.3) is 0 Å². The Morgan fingerprint density at radius 2 is 2.00 bits per heavy atom. The van der Waals surface area contributed by atoms with E-state index < -0.39 is 15.6 Å². The molecule has 15 heavy (non-hydrogen) atoms. The first kappa shape index (κ1) is 12.5. The highest BCUT2D eigenvalue weighted by molar-refractivity contribution is 7.89. The fourth-order valence-electron chi connectivity index (χ4n) is 1.90. The summed E-state index contributed by atoms with van der Waals surface area (Å²) in [5.74, 6) is 0.132. The molecule has 0 spiro atoms. The maximum atomic E-state index is 11.6. The third-order valence-electron chi connectivity index (χ3n) is 2.79. The van der Waals surface area contributed by atoms with Gasteiger partial charge in [-0.05, 0) is 19.3 Å². The molecule has 1 rings (SSSR count). The van der Waals surface area contributed by atoms with Crippen LogP contribution in [0.3, 0.4) is 0 Å². The van der Waals surface area contributed by atoms with Gasteiger partial charge in [0.25, 0.3) is 0 Å². The van der Waals surface area contributed by atoms with Gasteiger partial charge in [-0.15, -0.1) is 0 Å². The maximum absolute atomic E-state index is 11.6. The Morgan fingerprint density at radius 3 is 2.47 bits per heavy atom. The Hall–Kier alpha value is -0.600. The molecular formula is C10H18N2O2S. The lowest BCUT2D eigenvalue weighted by Crippen LogP contribution is -2.45. The summed E-state index contributed by atoms with van der Waals surface area (Å²) in [5.41, 5.74) is -0.813. The second-order valence-electron chi connectivity index (χ2n) is 4.18. The molecule has 86 valence electrons. The molecule has 0 aromatic heterocycles. The van der Waals surface area contributed by atoms with Crippen LogP contribution in [0.15, 0.2) is 0 Å². The largest absolute Gasteiger partial charge is 0.212 e. The highest BCUT2D eigenvalue weighted by Gasteiger charge is 2.37. The van der Waals surface area contributed by atoms with Crippen molar-refractivity contribution in [1.82, 2.24) is 4.72 Å². The number of hydrogen-bond acceptors (Lipinski definition) is 3. The van der Waals surface area contributed by atoms with Gasteiger partial charge in [0.1, 0.15) is 5.54 Å². The van der Waals surface area contributed by atoms with Gasteiger partial charge < -0.3 is 0 Å². The summed E-state index contributed by atoms with van der Waals surface area (Å²) < 4.78 is 25.9. The Labute approximate surface area is 91.7 Å². The Morgan fingerprint density at radius 1 is 1.40 bits per heavy atom. The maximum Gasteiger partial charge on any atom is 0.212 e. The van der Waals surface area contributed by atoms with Crippen molar-refractivity contribution in [3.63, 3.8) is 0 Å². The highest BCUT2D eigenvalue weighted by atomic mass is 32.2. The molecule has 0 saturated heterocycles. The second kappa shape index (κ2) is 4.95. The average Bonchev–Trinajstić information content (AvgIpc) is 2.63. The standard InChI is InChI=1S/C10H18N2O2S/c1-2-3-8-15(13,14)12-10(9-11)6-4-5-7-10/h12H,2-8H2,1H3. The van der Waals surface area contributed by atoms with E-state index in [1.54, 1.807) is 0 Å². The Balaban J connectivity index is 2.63. The molecule has 1 saturated carbocycles. The topological polar surface area (TPSA) is 70.0 Å². The molecule has 1 aliphatic carbocycles. The summed E-state index contributed by atoms with van der Waals surface area (Å²) in [4.78, 5) is 0. The van der Waals surface area contributed by atoms with Crippen molar-refractivity contribution < 1.29 is 8.42 Å². The molecule has 1 N–H and O–H groups in total. The first-order valence-corrected chi connectivity index (χ1v) is 7.12. The molecule has 1 fully saturated rings. The lowest BCUT2D eigenvalue weighted by molar-refractivity contribution is 0.484. The Bertz CT molecular complexity index is 337. The van der Waals surface area contributed by atoms with E-state index in [-0.39, 0.29) is 5.75 Å². The molecule has 0 aromatic rings. The molecule has 0 bridgehead atoms. The number of nitriles is 1. The van der Waals surface area contributed by atoms with E-state index >= 15 is 0 Å². The molecule has 0 aliphatic heterocycles. The van der Waals surface area contributed by atoms with Crippen molar-refractivity contribution in [3.8, 4) is 6.07 Å². The summed E-state index contributed by atoms with van der Waals surface area (Å²) >= 11 is 0. The lowest BCUT2D eigenvalue weighted by atomic mass is 10.0. The minimum Gasteiger partial charge on any atom is -0.212 e. The van der Waals surface area contributed by atoms with Crippen molar-refractivity contribution in [2.45, 2.75) is 51.0 Å². The molecule has 0 radical (unpaired) electrons. The summed E-state index contributed by atoms with van der Waals surface area (Å²) in [7, 11) is -3.27. The summed E-state index contributed by atoms with van der Waals surface area (Å²) in [6, 6.07) is 2.12. The summed E-state index contributed by atoms with van der Waals surface area (Å²) in [5, 5.41) is 9.03. The quantitative estimate of drug-likeness (QED) is 0.779. The van der Waals surface area contributed by atoms with Crippen LogP contribution < -0.4 is 4.72 Å². The van der Waals surface area contributed by atoms with Gasteiger partial charge in [-0.25, -0.2) is 8.42 Å². The lowest BCUT2D eigenvalue weighted by Gasteiger charge is -2.21. The van der Waals surface area contributed by atoms with Crippen molar-refractivity contribution in [3.05, 3.63) is 0 Å². The normalized spacial score (nSPS) is 20.0. The van der Waals surface area contributed by atoms with Crippen LogP contribution in [0.5, 0.6) is 0 Å². The van der Waals surface area contributed by atoms with Gasteiger partial charge in [0.05, 0.1) is 11.8 Å². The molecule has 4 nitrogen and oxygen atoms in total.